The minimum atomic E-state index is 0.119. The highest BCUT2D eigenvalue weighted by Crippen LogP contribution is 2.36. The number of aromatic nitrogens is 2. The van der Waals surface area contributed by atoms with Crippen LogP contribution in [-0.2, 0) is 6.42 Å². The molecule has 0 spiro atoms. The van der Waals surface area contributed by atoms with Gasteiger partial charge in [0.15, 0.2) is 0 Å². The Morgan fingerprint density at radius 3 is 2.55 bits per heavy atom. The molecule has 0 unspecified atom stereocenters. The van der Waals surface area contributed by atoms with Crippen molar-refractivity contribution in [1.82, 2.24) is 10.2 Å². The average Bonchev–Trinajstić information content (AvgIpc) is 3.04. The van der Waals surface area contributed by atoms with Gasteiger partial charge in [0.2, 0.25) is 5.13 Å². The second kappa shape index (κ2) is 6.75. The molecular weight excluding hydrogens is 294 g/mol. The summed E-state index contributed by atoms with van der Waals surface area (Å²) in [6.07, 6.45) is 3.97. The van der Waals surface area contributed by atoms with Crippen molar-refractivity contribution < 1.29 is 5.11 Å². The minimum Gasteiger partial charge on any atom is -0.396 e. The molecule has 0 saturated carbocycles. The molecule has 3 rings (SSSR count). The lowest BCUT2D eigenvalue weighted by Crippen LogP contribution is -2.41. The van der Waals surface area contributed by atoms with E-state index in [-0.39, 0.29) is 5.41 Å². The van der Waals surface area contributed by atoms with Gasteiger partial charge in [-0.15, -0.1) is 10.2 Å². The van der Waals surface area contributed by atoms with E-state index in [4.69, 9.17) is 0 Å². The molecule has 0 amide bonds. The predicted molar refractivity (Wildman–Crippen MR) is 90.4 cm³/mol. The van der Waals surface area contributed by atoms with E-state index in [0.29, 0.717) is 6.61 Å². The van der Waals surface area contributed by atoms with Crippen LogP contribution >= 0.6 is 11.3 Å². The summed E-state index contributed by atoms with van der Waals surface area (Å²) in [6, 6.07) is 10.4. The molecule has 0 atom stereocenters. The van der Waals surface area contributed by atoms with Gasteiger partial charge >= 0.3 is 0 Å². The van der Waals surface area contributed by atoms with Crippen LogP contribution in [0.5, 0.6) is 0 Å². The molecule has 22 heavy (non-hydrogen) atoms. The molecule has 118 valence electrons. The number of aliphatic hydroxyl groups excluding tert-OH is 1. The summed E-state index contributed by atoms with van der Waals surface area (Å²) < 4.78 is 0. The Morgan fingerprint density at radius 1 is 1.18 bits per heavy atom. The van der Waals surface area contributed by atoms with Crippen molar-refractivity contribution in [1.29, 1.82) is 0 Å². The fourth-order valence-corrected chi connectivity index (χ4v) is 3.93. The summed E-state index contributed by atoms with van der Waals surface area (Å²) in [7, 11) is 0. The second-order valence-corrected chi connectivity index (χ2v) is 7.18. The molecular formula is C17H23N3OS. The highest BCUT2D eigenvalue weighted by Gasteiger charge is 2.33. The van der Waals surface area contributed by atoms with Gasteiger partial charge in [-0.25, -0.2) is 0 Å². The van der Waals surface area contributed by atoms with Crippen LogP contribution < -0.4 is 4.90 Å². The zero-order chi connectivity index (χ0) is 15.4. The van der Waals surface area contributed by atoms with Crippen molar-refractivity contribution in [3.63, 3.8) is 0 Å². The zero-order valence-corrected chi connectivity index (χ0v) is 13.9. The third-order valence-electron chi connectivity index (χ3n) is 4.83. The SMILES string of the molecule is CCC1(CO)CCN(c2nnc(Cc3ccccc3)s2)CC1. The molecule has 1 saturated heterocycles. The van der Waals surface area contributed by atoms with Gasteiger partial charge < -0.3 is 10.0 Å². The number of benzene rings is 1. The zero-order valence-electron chi connectivity index (χ0n) is 13.0. The molecule has 4 nitrogen and oxygen atoms in total. The molecule has 1 N–H and O–H groups in total. The van der Waals surface area contributed by atoms with E-state index in [1.165, 1.54) is 5.56 Å². The highest BCUT2D eigenvalue weighted by molar-refractivity contribution is 7.15. The highest BCUT2D eigenvalue weighted by atomic mass is 32.1. The summed E-state index contributed by atoms with van der Waals surface area (Å²) in [5.41, 5.74) is 1.39. The van der Waals surface area contributed by atoms with Crippen LogP contribution in [0.2, 0.25) is 0 Å². The summed E-state index contributed by atoms with van der Waals surface area (Å²) in [5.74, 6) is 0. The summed E-state index contributed by atoms with van der Waals surface area (Å²) in [4.78, 5) is 2.32. The molecule has 1 fully saturated rings. The van der Waals surface area contributed by atoms with Gasteiger partial charge in [0, 0.05) is 26.1 Å². The molecule has 0 radical (unpaired) electrons. The Labute approximate surface area is 135 Å². The van der Waals surface area contributed by atoms with Gasteiger partial charge in [0.1, 0.15) is 5.01 Å². The Kier molecular flexibility index (Phi) is 4.74. The van der Waals surface area contributed by atoms with E-state index in [1.807, 2.05) is 6.07 Å². The first-order valence-electron chi connectivity index (χ1n) is 7.97. The van der Waals surface area contributed by atoms with Crippen molar-refractivity contribution in [2.75, 3.05) is 24.6 Å². The van der Waals surface area contributed by atoms with E-state index in [2.05, 4.69) is 46.3 Å². The third kappa shape index (κ3) is 3.31. The fourth-order valence-electron chi connectivity index (χ4n) is 3.01. The number of anilines is 1. The van der Waals surface area contributed by atoms with Crippen molar-refractivity contribution in [3.8, 4) is 0 Å². The fraction of sp³-hybridized carbons (Fsp3) is 0.529. The quantitative estimate of drug-likeness (QED) is 0.920. The van der Waals surface area contributed by atoms with Crippen LogP contribution in [0, 0.1) is 5.41 Å². The molecule has 2 heterocycles. The van der Waals surface area contributed by atoms with Crippen molar-refractivity contribution >= 4 is 16.5 Å². The molecule has 5 heteroatoms. The number of hydrogen-bond acceptors (Lipinski definition) is 5. The van der Waals surface area contributed by atoms with E-state index in [9.17, 15) is 5.11 Å². The van der Waals surface area contributed by atoms with Crippen LogP contribution in [0.3, 0.4) is 0 Å². The first-order chi connectivity index (χ1) is 10.7. The molecule has 1 aromatic heterocycles. The Hall–Kier alpha value is -1.46. The Morgan fingerprint density at radius 2 is 1.91 bits per heavy atom. The lowest BCUT2D eigenvalue weighted by Gasteiger charge is -2.39. The van der Waals surface area contributed by atoms with Crippen LogP contribution in [-0.4, -0.2) is 35.0 Å². The summed E-state index contributed by atoms with van der Waals surface area (Å²) in [5, 5.41) is 20.4. The van der Waals surface area contributed by atoms with Gasteiger partial charge in [0.05, 0.1) is 0 Å². The van der Waals surface area contributed by atoms with Gasteiger partial charge in [-0.2, -0.15) is 0 Å². The molecule has 1 aliphatic heterocycles. The van der Waals surface area contributed by atoms with Gasteiger partial charge in [0.25, 0.3) is 0 Å². The smallest absolute Gasteiger partial charge is 0.208 e. The lowest BCUT2D eigenvalue weighted by molar-refractivity contribution is 0.0922. The first-order valence-corrected chi connectivity index (χ1v) is 8.78. The van der Waals surface area contributed by atoms with E-state index < -0.39 is 0 Å². The standard InChI is InChI=1S/C17H23N3OS/c1-2-17(13-21)8-10-20(11-9-17)16-19-18-15(22-16)12-14-6-4-3-5-7-14/h3-7,21H,2,8-13H2,1H3. The number of rotatable bonds is 5. The maximum Gasteiger partial charge on any atom is 0.208 e. The largest absolute Gasteiger partial charge is 0.396 e. The maximum atomic E-state index is 9.62. The maximum absolute atomic E-state index is 9.62. The normalized spacial score (nSPS) is 17.6. The topological polar surface area (TPSA) is 49.2 Å². The summed E-state index contributed by atoms with van der Waals surface area (Å²) in [6.45, 7) is 4.41. The van der Waals surface area contributed by atoms with E-state index >= 15 is 0 Å². The number of piperidine rings is 1. The Bertz CT molecular complexity index is 585. The summed E-state index contributed by atoms with van der Waals surface area (Å²) >= 11 is 1.69. The van der Waals surface area contributed by atoms with Crippen LogP contribution in [0.25, 0.3) is 0 Å². The molecule has 2 aromatic rings. The first kappa shape index (κ1) is 15.4. The second-order valence-electron chi connectivity index (χ2n) is 6.14. The number of hydrogen-bond donors (Lipinski definition) is 1. The average molecular weight is 317 g/mol. The van der Waals surface area contributed by atoms with Crippen LogP contribution in [0.15, 0.2) is 30.3 Å². The predicted octanol–water partition coefficient (Wildman–Crippen LogP) is 3.12. The van der Waals surface area contributed by atoms with E-state index in [0.717, 1.165) is 48.9 Å². The lowest BCUT2D eigenvalue weighted by atomic mass is 9.77. The van der Waals surface area contributed by atoms with Crippen molar-refractivity contribution in [3.05, 3.63) is 40.9 Å². The van der Waals surface area contributed by atoms with Crippen molar-refractivity contribution in [2.24, 2.45) is 5.41 Å². The molecule has 1 aliphatic rings. The Balaban J connectivity index is 1.63. The minimum absolute atomic E-state index is 0.119. The van der Waals surface area contributed by atoms with Gasteiger partial charge in [-0.05, 0) is 30.2 Å². The van der Waals surface area contributed by atoms with Crippen molar-refractivity contribution in [2.45, 2.75) is 32.6 Å². The number of aliphatic hydroxyl groups is 1. The molecule has 0 bridgehead atoms. The van der Waals surface area contributed by atoms with E-state index in [1.54, 1.807) is 11.3 Å². The number of nitrogens with zero attached hydrogens (tertiary/aromatic N) is 3. The monoisotopic (exact) mass is 317 g/mol. The van der Waals surface area contributed by atoms with Gasteiger partial charge in [-0.1, -0.05) is 48.6 Å². The third-order valence-corrected chi connectivity index (χ3v) is 5.82. The van der Waals surface area contributed by atoms with Gasteiger partial charge in [-0.3, -0.25) is 0 Å². The van der Waals surface area contributed by atoms with Crippen LogP contribution in [0.4, 0.5) is 5.13 Å². The molecule has 1 aromatic carbocycles. The molecule has 0 aliphatic carbocycles. The van der Waals surface area contributed by atoms with Crippen LogP contribution in [0.1, 0.15) is 36.8 Å².